The van der Waals surface area contributed by atoms with Crippen molar-refractivity contribution in [2.45, 2.75) is 38.6 Å². The first-order chi connectivity index (χ1) is 9.66. The van der Waals surface area contributed by atoms with Gasteiger partial charge in [-0.1, -0.05) is 24.4 Å². The predicted octanol–water partition coefficient (Wildman–Crippen LogP) is 3.33. The Morgan fingerprint density at radius 2 is 2.10 bits per heavy atom. The van der Waals surface area contributed by atoms with Crippen molar-refractivity contribution < 1.29 is 0 Å². The summed E-state index contributed by atoms with van der Waals surface area (Å²) in [6.07, 6.45) is 5.12. The summed E-state index contributed by atoms with van der Waals surface area (Å²) in [4.78, 5) is 0. The van der Waals surface area contributed by atoms with Crippen LogP contribution in [-0.2, 0) is 0 Å². The Balaban J connectivity index is 1.94. The third-order valence-corrected chi connectivity index (χ3v) is 4.56. The third-order valence-electron chi connectivity index (χ3n) is 4.21. The zero-order valence-corrected chi connectivity index (χ0v) is 12.2. The quantitative estimate of drug-likeness (QED) is 0.881. The summed E-state index contributed by atoms with van der Waals surface area (Å²) in [6, 6.07) is 5.82. The topological polar surface area (TPSA) is 69.6 Å². The Kier molecular flexibility index (Phi) is 3.61. The van der Waals surface area contributed by atoms with Crippen LogP contribution in [0.2, 0.25) is 5.02 Å². The molecule has 0 bridgehead atoms. The van der Waals surface area contributed by atoms with Gasteiger partial charge in [-0.2, -0.15) is 0 Å². The maximum absolute atomic E-state index is 5.96. The second kappa shape index (κ2) is 5.40. The number of hydrogen-bond donors (Lipinski definition) is 1. The summed E-state index contributed by atoms with van der Waals surface area (Å²) < 4.78 is 1.92. The highest BCUT2D eigenvalue weighted by Gasteiger charge is 2.26. The SMILES string of the molecule is CC(C1CCCC1)n1nnnc1-c1ccc(Cl)c(N)c1. The lowest BCUT2D eigenvalue weighted by Gasteiger charge is -2.20. The molecule has 1 unspecified atom stereocenters. The molecule has 0 saturated heterocycles. The monoisotopic (exact) mass is 291 g/mol. The van der Waals surface area contributed by atoms with Crippen LogP contribution in [0.5, 0.6) is 0 Å². The van der Waals surface area contributed by atoms with E-state index in [1.165, 1.54) is 25.7 Å². The molecule has 0 aliphatic heterocycles. The van der Waals surface area contributed by atoms with E-state index in [0.29, 0.717) is 22.7 Å². The van der Waals surface area contributed by atoms with Gasteiger partial charge in [-0.25, -0.2) is 4.68 Å². The molecular weight excluding hydrogens is 274 g/mol. The smallest absolute Gasteiger partial charge is 0.182 e. The van der Waals surface area contributed by atoms with Crippen molar-refractivity contribution in [2.75, 3.05) is 5.73 Å². The first kappa shape index (κ1) is 13.4. The van der Waals surface area contributed by atoms with Crippen LogP contribution < -0.4 is 5.73 Å². The largest absolute Gasteiger partial charge is 0.398 e. The molecule has 1 heterocycles. The molecule has 0 amide bonds. The number of rotatable bonds is 3. The minimum absolute atomic E-state index is 0.305. The molecule has 106 valence electrons. The molecule has 1 saturated carbocycles. The molecule has 1 aromatic carbocycles. The first-order valence-electron chi connectivity index (χ1n) is 7.00. The summed E-state index contributed by atoms with van der Waals surface area (Å²) in [5, 5.41) is 12.7. The van der Waals surface area contributed by atoms with Gasteiger partial charge < -0.3 is 5.73 Å². The number of nitrogens with zero attached hydrogens (tertiary/aromatic N) is 4. The van der Waals surface area contributed by atoms with E-state index >= 15 is 0 Å². The highest BCUT2D eigenvalue weighted by atomic mass is 35.5. The molecule has 20 heavy (non-hydrogen) atoms. The van der Waals surface area contributed by atoms with Gasteiger partial charge in [0.2, 0.25) is 0 Å². The number of nitrogens with two attached hydrogens (primary N) is 1. The van der Waals surface area contributed by atoms with Crippen molar-refractivity contribution in [1.82, 2.24) is 20.2 Å². The fourth-order valence-electron chi connectivity index (χ4n) is 2.98. The van der Waals surface area contributed by atoms with Crippen molar-refractivity contribution in [1.29, 1.82) is 0 Å². The van der Waals surface area contributed by atoms with Gasteiger partial charge in [-0.05, 0) is 54.3 Å². The molecule has 1 aliphatic carbocycles. The van der Waals surface area contributed by atoms with E-state index in [2.05, 4.69) is 22.4 Å². The zero-order valence-electron chi connectivity index (χ0n) is 11.5. The number of halogens is 1. The third kappa shape index (κ3) is 2.38. The fourth-order valence-corrected chi connectivity index (χ4v) is 3.10. The molecule has 2 aromatic rings. The van der Waals surface area contributed by atoms with E-state index in [1.807, 2.05) is 16.8 Å². The molecule has 1 aliphatic rings. The minimum atomic E-state index is 0.305. The average Bonchev–Trinajstić information content (AvgIpc) is 3.11. The van der Waals surface area contributed by atoms with Crippen LogP contribution in [0.15, 0.2) is 18.2 Å². The van der Waals surface area contributed by atoms with Gasteiger partial charge in [-0.3, -0.25) is 0 Å². The van der Waals surface area contributed by atoms with Crippen molar-refractivity contribution in [2.24, 2.45) is 5.92 Å². The molecule has 1 atom stereocenters. The maximum Gasteiger partial charge on any atom is 0.182 e. The minimum Gasteiger partial charge on any atom is -0.398 e. The second-order valence-electron chi connectivity index (χ2n) is 5.47. The van der Waals surface area contributed by atoms with Crippen LogP contribution >= 0.6 is 11.6 Å². The van der Waals surface area contributed by atoms with E-state index in [9.17, 15) is 0 Å². The van der Waals surface area contributed by atoms with E-state index in [-0.39, 0.29) is 0 Å². The number of aromatic nitrogens is 4. The summed E-state index contributed by atoms with van der Waals surface area (Å²) >= 11 is 5.96. The van der Waals surface area contributed by atoms with Crippen molar-refractivity contribution >= 4 is 17.3 Å². The van der Waals surface area contributed by atoms with Gasteiger partial charge in [0.15, 0.2) is 5.82 Å². The molecule has 0 spiro atoms. The van der Waals surface area contributed by atoms with Crippen molar-refractivity contribution in [3.63, 3.8) is 0 Å². The van der Waals surface area contributed by atoms with Gasteiger partial charge >= 0.3 is 0 Å². The summed E-state index contributed by atoms with van der Waals surface area (Å²) in [5.41, 5.74) is 7.32. The van der Waals surface area contributed by atoms with E-state index in [0.717, 1.165) is 11.4 Å². The van der Waals surface area contributed by atoms with Crippen molar-refractivity contribution in [3.05, 3.63) is 23.2 Å². The van der Waals surface area contributed by atoms with Gasteiger partial charge in [0, 0.05) is 5.56 Å². The van der Waals surface area contributed by atoms with E-state index in [4.69, 9.17) is 17.3 Å². The number of nitrogen functional groups attached to an aromatic ring is 1. The Hall–Kier alpha value is -1.62. The molecule has 3 rings (SSSR count). The van der Waals surface area contributed by atoms with Crippen LogP contribution in [0, 0.1) is 5.92 Å². The lowest BCUT2D eigenvalue weighted by atomic mass is 9.99. The number of benzene rings is 1. The van der Waals surface area contributed by atoms with E-state index < -0.39 is 0 Å². The standard InChI is InChI=1S/C14H18ClN5/c1-9(10-4-2-3-5-10)20-14(17-18-19-20)11-6-7-12(15)13(16)8-11/h6-10H,2-5,16H2,1H3. The Labute approximate surface area is 123 Å². The molecule has 1 fully saturated rings. The highest BCUT2D eigenvalue weighted by Crippen LogP contribution is 2.35. The van der Waals surface area contributed by atoms with Crippen LogP contribution in [0.3, 0.4) is 0 Å². The fraction of sp³-hybridized carbons (Fsp3) is 0.500. The summed E-state index contributed by atoms with van der Waals surface area (Å²) in [7, 11) is 0. The number of anilines is 1. The lowest BCUT2D eigenvalue weighted by molar-refractivity contribution is 0.332. The average molecular weight is 292 g/mol. The molecule has 1 aromatic heterocycles. The Bertz CT molecular complexity index is 603. The first-order valence-corrected chi connectivity index (χ1v) is 7.38. The van der Waals surface area contributed by atoms with Crippen molar-refractivity contribution in [3.8, 4) is 11.4 Å². The van der Waals surface area contributed by atoms with Gasteiger partial charge in [-0.15, -0.1) is 5.10 Å². The molecule has 2 N–H and O–H groups in total. The van der Waals surface area contributed by atoms with Gasteiger partial charge in [0.05, 0.1) is 16.8 Å². The molecule has 6 heteroatoms. The number of hydrogen-bond acceptors (Lipinski definition) is 4. The van der Waals surface area contributed by atoms with Crippen LogP contribution in [0.25, 0.3) is 11.4 Å². The van der Waals surface area contributed by atoms with Crippen LogP contribution in [0.4, 0.5) is 5.69 Å². The highest BCUT2D eigenvalue weighted by molar-refractivity contribution is 6.33. The van der Waals surface area contributed by atoms with Gasteiger partial charge in [0.1, 0.15) is 0 Å². The molecule has 5 nitrogen and oxygen atoms in total. The summed E-state index contributed by atoms with van der Waals surface area (Å²) in [5.74, 6) is 1.41. The van der Waals surface area contributed by atoms with E-state index in [1.54, 1.807) is 6.07 Å². The van der Waals surface area contributed by atoms with Crippen LogP contribution in [0.1, 0.15) is 38.6 Å². The Morgan fingerprint density at radius 1 is 1.35 bits per heavy atom. The summed E-state index contributed by atoms with van der Waals surface area (Å²) in [6.45, 7) is 2.19. The molecule has 0 radical (unpaired) electrons. The molecular formula is C14H18ClN5. The maximum atomic E-state index is 5.96. The van der Waals surface area contributed by atoms with Gasteiger partial charge in [0.25, 0.3) is 0 Å². The lowest BCUT2D eigenvalue weighted by Crippen LogP contribution is -2.16. The normalized spacial score (nSPS) is 17.5. The zero-order chi connectivity index (χ0) is 14.1. The predicted molar refractivity (Wildman–Crippen MR) is 79.3 cm³/mol. The number of tetrazole rings is 1. The second-order valence-corrected chi connectivity index (χ2v) is 5.88. The van der Waals surface area contributed by atoms with Crippen LogP contribution in [-0.4, -0.2) is 20.2 Å². The Morgan fingerprint density at radius 3 is 2.80 bits per heavy atom.